The lowest BCUT2D eigenvalue weighted by molar-refractivity contribution is -0.159. The number of terminal acetylenes is 1. The van der Waals surface area contributed by atoms with E-state index in [0.29, 0.717) is 11.1 Å². The zero-order valence-corrected chi connectivity index (χ0v) is 28.3. The van der Waals surface area contributed by atoms with Crippen LogP contribution < -0.4 is 10.6 Å². The molecule has 244 valence electrons. The summed E-state index contributed by atoms with van der Waals surface area (Å²) in [5.74, 6) is 0.528. The Morgan fingerprint density at radius 3 is 1.89 bits per heavy atom. The van der Waals surface area contributed by atoms with E-state index in [9.17, 15) is 19.2 Å². The topological polar surface area (TPSA) is 114 Å². The second-order valence-corrected chi connectivity index (χ2v) is 13.6. The zero-order valence-electron chi connectivity index (χ0n) is 28.3. The van der Waals surface area contributed by atoms with E-state index >= 15 is 0 Å². The highest BCUT2D eigenvalue weighted by Gasteiger charge is 2.41. The number of esters is 1. The molecule has 9 nitrogen and oxygen atoms in total. The van der Waals surface area contributed by atoms with Crippen molar-refractivity contribution in [2.24, 2.45) is 5.92 Å². The first-order valence-corrected chi connectivity index (χ1v) is 15.3. The van der Waals surface area contributed by atoms with Gasteiger partial charge in [-0.1, -0.05) is 68.3 Å². The summed E-state index contributed by atoms with van der Waals surface area (Å²) in [7, 11) is 0. The molecule has 3 unspecified atom stereocenters. The average molecular weight is 620 g/mol. The number of carbonyl (C=O) groups excluding carboxylic acids is 4. The molecule has 3 amide bonds. The van der Waals surface area contributed by atoms with Gasteiger partial charge in [-0.15, -0.1) is 6.42 Å². The van der Waals surface area contributed by atoms with Gasteiger partial charge < -0.3 is 25.0 Å². The molecule has 0 aromatic heterocycles. The number of hydrogen-bond acceptors (Lipinski definition) is 6. The van der Waals surface area contributed by atoms with Crippen LogP contribution in [0, 0.1) is 18.3 Å². The Labute approximate surface area is 268 Å². The summed E-state index contributed by atoms with van der Waals surface area (Å²) in [6.45, 7) is 17.6. The van der Waals surface area contributed by atoms with Gasteiger partial charge in [-0.05, 0) is 78.5 Å². The van der Waals surface area contributed by atoms with Crippen molar-refractivity contribution in [2.75, 3.05) is 0 Å². The van der Waals surface area contributed by atoms with Crippen molar-refractivity contribution in [1.82, 2.24) is 15.5 Å². The third kappa shape index (κ3) is 11.3. The SMILES string of the molecule is C#Cc1ccccc1C(C(=O)NC(Cc1ccccc1)C(=O)OC(C)(C)C)N(C(=O)C(NC(=O)OC(C)(C)C)C(C)C)C(C)C. The second-order valence-electron chi connectivity index (χ2n) is 13.6. The molecule has 0 saturated heterocycles. The lowest BCUT2D eigenvalue weighted by Crippen LogP contribution is -2.58. The van der Waals surface area contributed by atoms with Crippen LogP contribution in [0.1, 0.15) is 92.0 Å². The van der Waals surface area contributed by atoms with Crippen LogP contribution in [0.5, 0.6) is 0 Å². The van der Waals surface area contributed by atoms with Crippen molar-refractivity contribution in [1.29, 1.82) is 0 Å². The van der Waals surface area contributed by atoms with Gasteiger partial charge in [0.25, 0.3) is 0 Å². The molecule has 2 aromatic rings. The van der Waals surface area contributed by atoms with Crippen LogP contribution in [0.25, 0.3) is 0 Å². The van der Waals surface area contributed by atoms with Gasteiger partial charge in [-0.25, -0.2) is 9.59 Å². The zero-order chi connectivity index (χ0) is 34.1. The van der Waals surface area contributed by atoms with Gasteiger partial charge in [-0.3, -0.25) is 9.59 Å². The molecule has 0 aliphatic heterocycles. The summed E-state index contributed by atoms with van der Waals surface area (Å²) in [5, 5.41) is 5.58. The summed E-state index contributed by atoms with van der Waals surface area (Å²) >= 11 is 0. The molecule has 3 atom stereocenters. The molecular formula is C36H49N3O6. The quantitative estimate of drug-likeness (QED) is 0.251. The van der Waals surface area contributed by atoms with Crippen LogP contribution in [0.3, 0.4) is 0 Å². The molecule has 0 aliphatic rings. The highest BCUT2D eigenvalue weighted by atomic mass is 16.6. The van der Waals surface area contributed by atoms with Crippen LogP contribution in [0.4, 0.5) is 4.79 Å². The minimum Gasteiger partial charge on any atom is -0.458 e. The lowest BCUT2D eigenvalue weighted by Gasteiger charge is -2.39. The van der Waals surface area contributed by atoms with E-state index in [1.807, 2.05) is 30.3 Å². The lowest BCUT2D eigenvalue weighted by atomic mass is 9.94. The molecule has 0 saturated carbocycles. The monoisotopic (exact) mass is 619 g/mol. The first kappa shape index (κ1) is 36.9. The van der Waals surface area contributed by atoms with Crippen LogP contribution in [0.2, 0.25) is 0 Å². The minimum atomic E-state index is -1.24. The highest BCUT2D eigenvalue weighted by molar-refractivity contribution is 5.94. The molecule has 45 heavy (non-hydrogen) atoms. The molecule has 0 bridgehead atoms. The Balaban J connectivity index is 2.64. The van der Waals surface area contributed by atoms with E-state index in [0.717, 1.165) is 5.56 Å². The maximum Gasteiger partial charge on any atom is 0.408 e. The Morgan fingerprint density at radius 2 is 1.38 bits per heavy atom. The van der Waals surface area contributed by atoms with Crippen molar-refractivity contribution in [3.05, 3.63) is 71.3 Å². The Kier molecular flexibility index (Phi) is 12.8. The standard InChI is InChI=1S/C36H49N3O6/c1-12-26-20-16-17-21-27(26)30(39(24(4)5)32(41)29(23(2)3)38-34(43)45-36(9,10)11)31(40)37-28(33(42)44-35(6,7)8)22-25-18-14-13-15-19-25/h1,13-21,23-24,28-30H,22H2,2-11H3,(H,37,40)(H,38,43). The molecule has 0 aliphatic carbocycles. The first-order valence-electron chi connectivity index (χ1n) is 15.3. The molecule has 0 fully saturated rings. The van der Waals surface area contributed by atoms with Crippen molar-refractivity contribution < 1.29 is 28.7 Å². The Morgan fingerprint density at radius 1 is 0.822 bits per heavy atom. The van der Waals surface area contributed by atoms with Crippen molar-refractivity contribution in [3.63, 3.8) is 0 Å². The predicted molar refractivity (Wildman–Crippen MR) is 175 cm³/mol. The number of carbonyl (C=O) groups is 4. The molecule has 0 spiro atoms. The van der Waals surface area contributed by atoms with Gasteiger partial charge in [0.15, 0.2) is 0 Å². The van der Waals surface area contributed by atoms with Gasteiger partial charge in [-0.2, -0.15) is 0 Å². The van der Waals surface area contributed by atoms with Gasteiger partial charge in [0, 0.05) is 18.0 Å². The van der Waals surface area contributed by atoms with Crippen molar-refractivity contribution in [3.8, 4) is 12.3 Å². The number of benzene rings is 2. The van der Waals surface area contributed by atoms with E-state index in [1.165, 1.54) is 4.90 Å². The van der Waals surface area contributed by atoms with E-state index in [-0.39, 0.29) is 12.3 Å². The second kappa shape index (κ2) is 15.6. The van der Waals surface area contributed by atoms with E-state index in [2.05, 4.69) is 16.6 Å². The number of nitrogens with zero attached hydrogens (tertiary/aromatic N) is 1. The third-order valence-corrected chi connectivity index (χ3v) is 6.64. The number of nitrogens with one attached hydrogen (secondary N) is 2. The predicted octanol–water partition coefficient (Wildman–Crippen LogP) is 5.56. The average Bonchev–Trinajstić information content (AvgIpc) is 2.92. The normalized spacial score (nSPS) is 13.7. The number of hydrogen-bond donors (Lipinski definition) is 2. The maximum absolute atomic E-state index is 14.4. The minimum absolute atomic E-state index is 0.162. The molecule has 2 aromatic carbocycles. The summed E-state index contributed by atoms with van der Waals surface area (Å²) in [6.07, 6.45) is 5.27. The first-order chi connectivity index (χ1) is 20.8. The largest absolute Gasteiger partial charge is 0.458 e. The molecule has 0 heterocycles. The molecule has 9 heteroatoms. The van der Waals surface area contributed by atoms with Gasteiger partial charge >= 0.3 is 12.1 Å². The van der Waals surface area contributed by atoms with Gasteiger partial charge in [0.2, 0.25) is 11.8 Å². The third-order valence-electron chi connectivity index (χ3n) is 6.64. The summed E-state index contributed by atoms with van der Waals surface area (Å²) < 4.78 is 11.1. The molecule has 2 N–H and O–H groups in total. The van der Waals surface area contributed by atoms with Gasteiger partial charge in [0.1, 0.15) is 29.3 Å². The van der Waals surface area contributed by atoms with E-state index < -0.39 is 59.2 Å². The fourth-order valence-corrected chi connectivity index (χ4v) is 4.74. The van der Waals surface area contributed by atoms with Crippen LogP contribution in [0.15, 0.2) is 54.6 Å². The number of amides is 3. The fraction of sp³-hybridized carbons (Fsp3) is 0.500. The maximum atomic E-state index is 14.4. The number of alkyl carbamates (subject to hydrolysis) is 1. The molecule has 0 radical (unpaired) electrons. The van der Waals surface area contributed by atoms with Crippen molar-refractivity contribution >= 4 is 23.9 Å². The van der Waals surface area contributed by atoms with Crippen molar-refractivity contribution in [2.45, 2.75) is 111 Å². The molecular weight excluding hydrogens is 570 g/mol. The summed E-state index contributed by atoms with van der Waals surface area (Å²) in [5.41, 5.74) is 0.0450. The van der Waals surface area contributed by atoms with Gasteiger partial charge in [0.05, 0.1) is 0 Å². The van der Waals surface area contributed by atoms with E-state index in [4.69, 9.17) is 15.9 Å². The number of ether oxygens (including phenoxy) is 2. The summed E-state index contributed by atoms with van der Waals surface area (Å²) in [4.78, 5) is 56.5. The van der Waals surface area contributed by atoms with Crippen LogP contribution in [-0.2, 0) is 30.3 Å². The Hall–Kier alpha value is -4.32. The molecule has 2 rings (SSSR count). The van der Waals surface area contributed by atoms with Crippen LogP contribution in [-0.4, -0.2) is 58.1 Å². The van der Waals surface area contributed by atoms with Crippen LogP contribution >= 0.6 is 0 Å². The fourth-order valence-electron chi connectivity index (χ4n) is 4.74. The number of rotatable bonds is 11. The Bertz CT molecular complexity index is 1370. The highest BCUT2D eigenvalue weighted by Crippen LogP contribution is 2.29. The summed E-state index contributed by atoms with van der Waals surface area (Å²) in [6, 6.07) is 12.3. The smallest absolute Gasteiger partial charge is 0.408 e. The van der Waals surface area contributed by atoms with E-state index in [1.54, 1.807) is 93.5 Å².